The summed E-state index contributed by atoms with van der Waals surface area (Å²) in [7, 11) is 3.09. The van der Waals surface area contributed by atoms with Crippen LogP contribution in [0.2, 0.25) is 5.02 Å². The van der Waals surface area contributed by atoms with Crippen molar-refractivity contribution in [3.8, 4) is 28.8 Å². The molecule has 3 rings (SSSR count). The Morgan fingerprint density at radius 3 is 2.55 bits per heavy atom. The fourth-order valence-electron chi connectivity index (χ4n) is 2.70. The van der Waals surface area contributed by atoms with Gasteiger partial charge < -0.3 is 14.8 Å². The Morgan fingerprint density at radius 2 is 1.90 bits per heavy atom. The van der Waals surface area contributed by atoms with Crippen LogP contribution in [0.1, 0.15) is 16.1 Å². The van der Waals surface area contributed by atoms with E-state index in [9.17, 15) is 5.26 Å². The number of aryl methyl sites for hydroxylation is 2. The van der Waals surface area contributed by atoms with Crippen molar-refractivity contribution in [2.45, 2.75) is 13.8 Å². The summed E-state index contributed by atoms with van der Waals surface area (Å²) in [6.07, 6.45) is 1.61. The quantitative estimate of drug-likeness (QED) is 0.485. The number of hydrogen-bond acceptors (Lipinski definition) is 6. The molecular weight excluding hydrogens is 406 g/mol. The van der Waals surface area contributed by atoms with Crippen molar-refractivity contribution in [2.75, 3.05) is 19.5 Å². The molecule has 0 spiro atoms. The number of benzene rings is 2. The third-order valence-corrected chi connectivity index (χ3v) is 5.67. The summed E-state index contributed by atoms with van der Waals surface area (Å²) in [6, 6.07) is 11.8. The topological polar surface area (TPSA) is 67.2 Å². The second kappa shape index (κ2) is 8.99. The summed E-state index contributed by atoms with van der Waals surface area (Å²) in [5, 5.41) is 15.7. The van der Waals surface area contributed by atoms with Crippen LogP contribution in [0, 0.1) is 25.2 Å². The van der Waals surface area contributed by atoms with Crippen LogP contribution in [-0.4, -0.2) is 19.2 Å². The standard InChI is InChI=1S/C22H20ClN3O2S/c1-13-5-6-15(7-14(13)2)19-12-29-22(26-19)16(10-24)11-25-18-9-20(27-3)17(23)8-21(18)28-4/h5-9,11-12,25H,1-4H3/b16-11-. The number of allylic oxidation sites excluding steroid dienone is 1. The van der Waals surface area contributed by atoms with Crippen molar-refractivity contribution >= 4 is 34.2 Å². The lowest BCUT2D eigenvalue weighted by Crippen LogP contribution is -1.96. The maximum atomic E-state index is 9.62. The molecule has 0 atom stereocenters. The summed E-state index contributed by atoms with van der Waals surface area (Å²) in [4.78, 5) is 4.64. The van der Waals surface area contributed by atoms with E-state index in [4.69, 9.17) is 21.1 Å². The monoisotopic (exact) mass is 425 g/mol. The Hall–Kier alpha value is -3.01. The molecule has 1 aromatic heterocycles. The minimum atomic E-state index is 0.418. The minimum absolute atomic E-state index is 0.418. The average molecular weight is 426 g/mol. The van der Waals surface area contributed by atoms with Crippen molar-refractivity contribution in [3.05, 3.63) is 63.1 Å². The predicted octanol–water partition coefficient (Wildman–Crippen LogP) is 6.07. The Kier molecular flexibility index (Phi) is 6.42. The van der Waals surface area contributed by atoms with E-state index in [0.29, 0.717) is 32.8 Å². The molecule has 0 fully saturated rings. The van der Waals surface area contributed by atoms with Gasteiger partial charge in [0.25, 0.3) is 0 Å². The minimum Gasteiger partial charge on any atom is -0.495 e. The molecule has 5 nitrogen and oxygen atoms in total. The molecule has 0 saturated heterocycles. The molecule has 0 aliphatic rings. The molecule has 0 amide bonds. The van der Waals surface area contributed by atoms with E-state index >= 15 is 0 Å². The van der Waals surface area contributed by atoms with E-state index in [1.54, 1.807) is 25.4 Å². The number of thiazole rings is 1. The highest BCUT2D eigenvalue weighted by atomic mass is 35.5. The van der Waals surface area contributed by atoms with Crippen LogP contribution >= 0.6 is 22.9 Å². The van der Waals surface area contributed by atoms with E-state index in [1.807, 2.05) is 11.4 Å². The van der Waals surface area contributed by atoms with Gasteiger partial charge in [-0.2, -0.15) is 5.26 Å². The van der Waals surface area contributed by atoms with Gasteiger partial charge in [-0.3, -0.25) is 0 Å². The zero-order valence-electron chi connectivity index (χ0n) is 16.5. The van der Waals surface area contributed by atoms with E-state index in [1.165, 1.54) is 29.6 Å². The Labute approximate surface area is 179 Å². The zero-order chi connectivity index (χ0) is 21.0. The highest BCUT2D eigenvalue weighted by molar-refractivity contribution is 7.11. The smallest absolute Gasteiger partial charge is 0.144 e. The number of nitriles is 1. The summed E-state index contributed by atoms with van der Waals surface area (Å²) >= 11 is 7.56. The molecule has 3 aromatic rings. The van der Waals surface area contributed by atoms with Crippen molar-refractivity contribution in [1.82, 2.24) is 4.98 Å². The lowest BCUT2D eigenvalue weighted by atomic mass is 10.1. The number of rotatable bonds is 6. The molecule has 2 aromatic carbocycles. The molecule has 0 unspecified atom stereocenters. The van der Waals surface area contributed by atoms with Crippen LogP contribution in [0.15, 0.2) is 41.9 Å². The number of nitrogens with one attached hydrogen (secondary N) is 1. The number of anilines is 1. The van der Waals surface area contributed by atoms with E-state index < -0.39 is 0 Å². The summed E-state index contributed by atoms with van der Waals surface area (Å²) in [5.74, 6) is 1.05. The maximum Gasteiger partial charge on any atom is 0.144 e. The van der Waals surface area contributed by atoms with Crippen molar-refractivity contribution in [1.29, 1.82) is 5.26 Å². The first-order valence-corrected chi connectivity index (χ1v) is 10.0. The molecule has 148 valence electrons. The molecule has 0 saturated carbocycles. The third kappa shape index (κ3) is 4.53. The number of methoxy groups -OCH3 is 2. The van der Waals surface area contributed by atoms with Gasteiger partial charge in [0, 0.05) is 29.3 Å². The average Bonchev–Trinajstić information content (AvgIpc) is 3.21. The van der Waals surface area contributed by atoms with Gasteiger partial charge in [-0.15, -0.1) is 11.3 Å². The van der Waals surface area contributed by atoms with Gasteiger partial charge in [-0.05, 0) is 31.0 Å². The SMILES string of the molecule is COc1cc(N/C=C(/C#N)c2nc(-c3ccc(C)c(C)c3)cs2)c(OC)cc1Cl. The first-order chi connectivity index (χ1) is 14.0. The van der Waals surface area contributed by atoms with Crippen LogP contribution in [0.4, 0.5) is 5.69 Å². The predicted molar refractivity (Wildman–Crippen MR) is 119 cm³/mol. The number of ether oxygens (including phenoxy) is 2. The summed E-state index contributed by atoms with van der Waals surface area (Å²) in [5.41, 5.74) is 5.37. The van der Waals surface area contributed by atoms with Crippen LogP contribution in [0.5, 0.6) is 11.5 Å². The van der Waals surface area contributed by atoms with Gasteiger partial charge >= 0.3 is 0 Å². The van der Waals surface area contributed by atoms with Gasteiger partial charge in [0.05, 0.1) is 30.6 Å². The van der Waals surface area contributed by atoms with Crippen LogP contribution in [0.3, 0.4) is 0 Å². The molecule has 0 radical (unpaired) electrons. The highest BCUT2D eigenvalue weighted by Crippen LogP contribution is 2.36. The fraction of sp³-hybridized carbons (Fsp3) is 0.182. The van der Waals surface area contributed by atoms with Gasteiger partial charge in [-0.1, -0.05) is 23.7 Å². The van der Waals surface area contributed by atoms with Gasteiger partial charge in [0.2, 0.25) is 0 Å². The molecule has 0 bridgehead atoms. The molecule has 0 aliphatic carbocycles. The third-order valence-electron chi connectivity index (χ3n) is 4.50. The van der Waals surface area contributed by atoms with Crippen molar-refractivity contribution in [3.63, 3.8) is 0 Å². The second-order valence-corrected chi connectivity index (χ2v) is 7.60. The number of nitrogens with zero attached hydrogens (tertiary/aromatic N) is 2. The van der Waals surface area contributed by atoms with Crippen LogP contribution < -0.4 is 14.8 Å². The molecular formula is C22H20ClN3O2S. The first kappa shape index (κ1) is 20.7. The van der Waals surface area contributed by atoms with Gasteiger partial charge in [-0.25, -0.2) is 4.98 Å². The lowest BCUT2D eigenvalue weighted by molar-refractivity contribution is 0.405. The molecule has 29 heavy (non-hydrogen) atoms. The zero-order valence-corrected chi connectivity index (χ0v) is 18.1. The Bertz CT molecular complexity index is 1120. The largest absolute Gasteiger partial charge is 0.495 e. The maximum absolute atomic E-state index is 9.62. The number of hydrogen-bond donors (Lipinski definition) is 1. The van der Waals surface area contributed by atoms with Gasteiger partial charge in [0.1, 0.15) is 28.1 Å². The van der Waals surface area contributed by atoms with Crippen LogP contribution in [0.25, 0.3) is 16.8 Å². The first-order valence-electron chi connectivity index (χ1n) is 8.78. The normalized spacial score (nSPS) is 11.1. The summed E-state index contributed by atoms with van der Waals surface area (Å²) in [6.45, 7) is 4.15. The summed E-state index contributed by atoms with van der Waals surface area (Å²) < 4.78 is 10.6. The molecule has 7 heteroatoms. The van der Waals surface area contributed by atoms with Gasteiger partial charge in [0.15, 0.2) is 0 Å². The molecule has 0 aliphatic heterocycles. The number of halogens is 1. The molecule has 1 heterocycles. The van der Waals surface area contributed by atoms with Crippen molar-refractivity contribution < 1.29 is 9.47 Å². The van der Waals surface area contributed by atoms with Crippen LogP contribution in [-0.2, 0) is 0 Å². The van der Waals surface area contributed by atoms with E-state index in [-0.39, 0.29) is 0 Å². The Balaban J connectivity index is 1.89. The van der Waals surface area contributed by atoms with E-state index in [2.05, 4.69) is 42.4 Å². The highest BCUT2D eigenvalue weighted by Gasteiger charge is 2.12. The lowest BCUT2D eigenvalue weighted by Gasteiger charge is -2.12. The Morgan fingerprint density at radius 1 is 1.14 bits per heavy atom. The number of aromatic nitrogens is 1. The second-order valence-electron chi connectivity index (χ2n) is 6.34. The molecule has 1 N–H and O–H groups in total. The van der Waals surface area contributed by atoms with Crippen molar-refractivity contribution in [2.24, 2.45) is 0 Å². The fourth-order valence-corrected chi connectivity index (χ4v) is 3.72. The van der Waals surface area contributed by atoms with E-state index in [0.717, 1.165) is 11.3 Å².